The summed E-state index contributed by atoms with van der Waals surface area (Å²) in [5.74, 6) is -5.17. The SMILES string of the molecule is O=C(c1cc(I)c(F)cc1F)N1CCC(F)(F)CC1. The van der Waals surface area contributed by atoms with Gasteiger partial charge in [0.25, 0.3) is 11.8 Å². The number of piperidine rings is 1. The van der Waals surface area contributed by atoms with Crippen LogP contribution in [0.15, 0.2) is 12.1 Å². The van der Waals surface area contributed by atoms with E-state index in [-0.39, 0.29) is 22.2 Å². The molecule has 0 bridgehead atoms. The van der Waals surface area contributed by atoms with E-state index in [4.69, 9.17) is 0 Å². The number of amides is 1. The van der Waals surface area contributed by atoms with Crippen molar-refractivity contribution in [2.24, 2.45) is 0 Å². The molecule has 1 fully saturated rings. The molecule has 2 nitrogen and oxygen atoms in total. The fourth-order valence-electron chi connectivity index (χ4n) is 1.89. The first-order chi connectivity index (χ1) is 8.80. The highest BCUT2D eigenvalue weighted by atomic mass is 127. The van der Waals surface area contributed by atoms with Gasteiger partial charge in [-0.15, -0.1) is 0 Å². The van der Waals surface area contributed by atoms with Gasteiger partial charge in [0.1, 0.15) is 11.6 Å². The van der Waals surface area contributed by atoms with Crippen LogP contribution in [0.25, 0.3) is 0 Å². The zero-order chi connectivity index (χ0) is 14.2. The number of hydrogen-bond donors (Lipinski definition) is 0. The minimum absolute atomic E-state index is 0.115. The monoisotopic (exact) mass is 387 g/mol. The quantitative estimate of drug-likeness (QED) is 0.411. The molecule has 7 heteroatoms. The highest BCUT2D eigenvalue weighted by molar-refractivity contribution is 14.1. The van der Waals surface area contributed by atoms with Crippen LogP contribution in [0.5, 0.6) is 0 Å². The molecule has 2 rings (SSSR count). The van der Waals surface area contributed by atoms with Gasteiger partial charge in [-0.25, -0.2) is 17.6 Å². The molecule has 104 valence electrons. The lowest BCUT2D eigenvalue weighted by molar-refractivity contribution is -0.0494. The fraction of sp³-hybridized carbons (Fsp3) is 0.417. The van der Waals surface area contributed by atoms with Crippen LogP contribution < -0.4 is 0 Å². The van der Waals surface area contributed by atoms with Gasteiger partial charge in [0.15, 0.2) is 0 Å². The van der Waals surface area contributed by atoms with Gasteiger partial charge in [-0.05, 0) is 28.7 Å². The molecule has 19 heavy (non-hydrogen) atoms. The third-order valence-electron chi connectivity index (χ3n) is 3.02. The molecule has 0 aromatic heterocycles. The number of alkyl halides is 2. The van der Waals surface area contributed by atoms with Gasteiger partial charge in [0.05, 0.1) is 5.56 Å². The van der Waals surface area contributed by atoms with E-state index >= 15 is 0 Å². The van der Waals surface area contributed by atoms with Crippen LogP contribution in [-0.2, 0) is 0 Å². The second kappa shape index (κ2) is 5.26. The van der Waals surface area contributed by atoms with Crippen LogP contribution in [-0.4, -0.2) is 29.8 Å². The summed E-state index contributed by atoms with van der Waals surface area (Å²) in [5, 5.41) is 0. The number of likely N-dealkylation sites (tertiary alicyclic amines) is 1. The molecule has 1 saturated heterocycles. The lowest BCUT2D eigenvalue weighted by Crippen LogP contribution is -2.43. The Morgan fingerprint density at radius 2 is 1.74 bits per heavy atom. The van der Waals surface area contributed by atoms with Crippen molar-refractivity contribution in [2.45, 2.75) is 18.8 Å². The summed E-state index contributed by atoms with van der Waals surface area (Å²) in [6.45, 7) is -0.252. The summed E-state index contributed by atoms with van der Waals surface area (Å²) in [4.78, 5) is 13.2. The van der Waals surface area contributed by atoms with E-state index in [0.717, 1.165) is 6.07 Å². The van der Waals surface area contributed by atoms with Gasteiger partial charge in [-0.3, -0.25) is 4.79 Å². The Morgan fingerprint density at radius 3 is 2.32 bits per heavy atom. The first-order valence-corrected chi connectivity index (χ1v) is 6.70. The summed E-state index contributed by atoms with van der Waals surface area (Å²) in [5.41, 5.74) is -0.281. The van der Waals surface area contributed by atoms with Gasteiger partial charge in [0.2, 0.25) is 0 Å². The van der Waals surface area contributed by atoms with Crippen molar-refractivity contribution in [3.05, 3.63) is 32.9 Å². The van der Waals surface area contributed by atoms with Crippen LogP contribution in [0.1, 0.15) is 23.2 Å². The zero-order valence-corrected chi connectivity index (χ0v) is 11.9. The second-order valence-corrected chi connectivity index (χ2v) is 5.56. The first-order valence-electron chi connectivity index (χ1n) is 5.62. The predicted octanol–water partition coefficient (Wildman–Crippen LogP) is 3.44. The number of rotatable bonds is 1. The predicted molar refractivity (Wildman–Crippen MR) is 69.2 cm³/mol. The van der Waals surface area contributed by atoms with Crippen LogP contribution in [0, 0.1) is 15.2 Å². The van der Waals surface area contributed by atoms with E-state index in [9.17, 15) is 22.4 Å². The highest BCUT2D eigenvalue weighted by Crippen LogP contribution is 2.29. The van der Waals surface area contributed by atoms with Crippen LogP contribution in [0.2, 0.25) is 0 Å². The van der Waals surface area contributed by atoms with Crippen molar-refractivity contribution in [1.82, 2.24) is 4.90 Å². The number of hydrogen-bond acceptors (Lipinski definition) is 1. The summed E-state index contributed by atoms with van der Waals surface area (Å²) in [7, 11) is 0. The van der Waals surface area contributed by atoms with Gasteiger partial charge in [-0.2, -0.15) is 0 Å². The molecule has 1 heterocycles. The maximum atomic E-state index is 13.5. The van der Waals surface area contributed by atoms with Crippen LogP contribution in [0.3, 0.4) is 0 Å². The number of halogens is 5. The van der Waals surface area contributed by atoms with E-state index in [0.29, 0.717) is 6.07 Å². The number of nitrogens with zero attached hydrogens (tertiary/aromatic N) is 1. The summed E-state index contributed by atoms with van der Waals surface area (Å²) in [6, 6.07) is 1.73. The van der Waals surface area contributed by atoms with Gasteiger partial charge < -0.3 is 4.90 Å². The normalized spacial score (nSPS) is 18.5. The third kappa shape index (κ3) is 3.18. The van der Waals surface area contributed by atoms with E-state index in [2.05, 4.69) is 0 Å². The minimum atomic E-state index is -2.77. The molecule has 0 spiro atoms. The maximum absolute atomic E-state index is 13.5. The van der Waals surface area contributed by atoms with Crippen molar-refractivity contribution in [3.8, 4) is 0 Å². The summed E-state index contributed by atoms with van der Waals surface area (Å²) >= 11 is 1.64. The Labute approximate surface area is 120 Å². The molecule has 0 radical (unpaired) electrons. The van der Waals surface area contributed by atoms with Crippen molar-refractivity contribution in [1.29, 1.82) is 0 Å². The Bertz CT molecular complexity index is 511. The van der Waals surface area contributed by atoms with Crippen molar-refractivity contribution in [2.75, 3.05) is 13.1 Å². The summed E-state index contributed by atoms with van der Waals surface area (Å²) in [6.07, 6.45) is -0.864. The fourth-order valence-corrected chi connectivity index (χ4v) is 2.36. The average molecular weight is 387 g/mol. The summed E-state index contributed by atoms with van der Waals surface area (Å²) < 4.78 is 52.7. The van der Waals surface area contributed by atoms with Crippen LogP contribution in [0.4, 0.5) is 17.6 Å². The topological polar surface area (TPSA) is 20.3 Å². The molecule has 0 N–H and O–H groups in total. The number of benzene rings is 1. The standard InChI is InChI=1S/C12H10F4INO/c13-8-6-9(14)10(17)5-7(8)11(19)18-3-1-12(15,16)2-4-18/h5-6H,1-4H2. The molecule has 1 amide bonds. The Kier molecular flexibility index (Phi) is 4.03. The second-order valence-electron chi connectivity index (χ2n) is 4.39. The highest BCUT2D eigenvalue weighted by Gasteiger charge is 2.36. The maximum Gasteiger partial charge on any atom is 0.256 e. The Hall–Kier alpha value is -0.860. The van der Waals surface area contributed by atoms with E-state index < -0.39 is 36.3 Å². The van der Waals surface area contributed by atoms with Crippen molar-refractivity contribution in [3.63, 3.8) is 0 Å². The molecular weight excluding hydrogens is 377 g/mol. The van der Waals surface area contributed by atoms with E-state index in [1.807, 2.05) is 0 Å². The van der Waals surface area contributed by atoms with Gasteiger partial charge in [-0.1, -0.05) is 0 Å². The number of carbonyl (C=O) groups excluding carboxylic acids is 1. The minimum Gasteiger partial charge on any atom is -0.338 e. The van der Waals surface area contributed by atoms with Gasteiger partial charge in [0, 0.05) is 35.6 Å². The van der Waals surface area contributed by atoms with Crippen molar-refractivity contribution >= 4 is 28.5 Å². The largest absolute Gasteiger partial charge is 0.338 e. The third-order valence-corrected chi connectivity index (χ3v) is 3.85. The average Bonchev–Trinajstić information content (AvgIpc) is 2.33. The molecular formula is C12H10F4INO. The molecule has 0 aliphatic carbocycles. The molecule has 0 atom stereocenters. The molecule has 0 unspecified atom stereocenters. The number of carbonyl (C=O) groups is 1. The Balaban J connectivity index is 2.19. The van der Waals surface area contributed by atoms with Crippen LogP contribution >= 0.6 is 22.6 Å². The lowest BCUT2D eigenvalue weighted by Gasteiger charge is -2.31. The molecule has 1 aromatic carbocycles. The Morgan fingerprint density at radius 1 is 1.16 bits per heavy atom. The molecule has 1 aliphatic heterocycles. The molecule has 1 aliphatic rings. The first kappa shape index (κ1) is 14.5. The zero-order valence-electron chi connectivity index (χ0n) is 9.73. The van der Waals surface area contributed by atoms with E-state index in [1.165, 1.54) is 4.90 Å². The van der Waals surface area contributed by atoms with Gasteiger partial charge >= 0.3 is 0 Å². The van der Waals surface area contributed by atoms with E-state index in [1.54, 1.807) is 22.6 Å². The molecule has 1 aromatic rings. The smallest absolute Gasteiger partial charge is 0.256 e. The van der Waals surface area contributed by atoms with Crippen molar-refractivity contribution < 1.29 is 22.4 Å². The lowest BCUT2D eigenvalue weighted by atomic mass is 10.1. The molecule has 0 saturated carbocycles.